The molecule has 1 aromatic carbocycles. The highest BCUT2D eigenvalue weighted by molar-refractivity contribution is 8.08. The van der Waals surface area contributed by atoms with Crippen molar-refractivity contribution in [1.29, 1.82) is 0 Å². The van der Waals surface area contributed by atoms with E-state index in [9.17, 15) is 0 Å². The van der Waals surface area contributed by atoms with Gasteiger partial charge in [-0.15, -0.1) is 0 Å². The number of H-pyrrole nitrogens is 1. The summed E-state index contributed by atoms with van der Waals surface area (Å²) in [4.78, 5) is 13.5. The van der Waals surface area contributed by atoms with Gasteiger partial charge in [0.05, 0.1) is 10.2 Å². The van der Waals surface area contributed by atoms with E-state index in [4.69, 9.17) is 5.73 Å². The van der Waals surface area contributed by atoms with E-state index in [1.54, 1.807) is 24.2 Å². The van der Waals surface area contributed by atoms with Gasteiger partial charge in [0.15, 0.2) is 5.13 Å². The first kappa shape index (κ1) is 11.3. The predicted molar refractivity (Wildman–Crippen MR) is 77.5 cm³/mol. The van der Waals surface area contributed by atoms with Gasteiger partial charge in [-0.1, -0.05) is 35.7 Å². The van der Waals surface area contributed by atoms with Gasteiger partial charge in [0.1, 0.15) is 5.82 Å². The van der Waals surface area contributed by atoms with Crippen LogP contribution in [0, 0.1) is 0 Å². The van der Waals surface area contributed by atoms with Crippen molar-refractivity contribution in [2.24, 2.45) is 0 Å². The Balaban J connectivity index is 1.97. The summed E-state index contributed by atoms with van der Waals surface area (Å²) in [5, 5.41) is 0.585. The molecule has 3 N–H and O–H groups in total. The van der Waals surface area contributed by atoms with Crippen LogP contribution in [-0.4, -0.2) is 15.0 Å². The number of aromatic amines is 1. The second-order valence-corrected chi connectivity index (χ2v) is 5.79. The summed E-state index contributed by atoms with van der Waals surface area (Å²) in [5.74, 6) is 0.787. The van der Waals surface area contributed by atoms with E-state index in [1.165, 1.54) is 11.3 Å². The van der Waals surface area contributed by atoms with Gasteiger partial charge >= 0.3 is 0 Å². The normalized spacial score (nSPS) is 10.9. The molecular weight excluding hydrogens is 264 g/mol. The van der Waals surface area contributed by atoms with Crippen molar-refractivity contribution in [1.82, 2.24) is 15.0 Å². The number of nitrogens with zero attached hydrogens (tertiary/aromatic N) is 2. The van der Waals surface area contributed by atoms with Gasteiger partial charge in [0, 0.05) is 22.2 Å². The van der Waals surface area contributed by atoms with Crippen LogP contribution in [0.1, 0.15) is 5.82 Å². The largest absolute Gasteiger partial charge is 0.375 e. The molecule has 3 aromatic rings. The molecule has 90 valence electrons. The molecule has 3 rings (SSSR count). The Labute approximate surface area is 112 Å². The van der Waals surface area contributed by atoms with Crippen LogP contribution in [0.5, 0.6) is 0 Å². The monoisotopic (exact) mass is 274 g/mol. The van der Waals surface area contributed by atoms with Crippen molar-refractivity contribution < 1.29 is 0 Å². The van der Waals surface area contributed by atoms with Gasteiger partial charge in [0.25, 0.3) is 0 Å². The summed E-state index contributed by atoms with van der Waals surface area (Å²) in [6, 6.07) is 5.97. The molecular formula is C12H10N4S2. The SMILES string of the molecule is C=C(Sc1cccc2nc(N)sc12)c1ncc[nH]1. The van der Waals surface area contributed by atoms with E-state index in [0.29, 0.717) is 5.13 Å². The molecule has 18 heavy (non-hydrogen) atoms. The molecule has 4 nitrogen and oxygen atoms in total. The Kier molecular flexibility index (Phi) is 2.81. The first-order valence-corrected chi connectivity index (χ1v) is 6.89. The number of hydrogen-bond donors (Lipinski definition) is 2. The molecule has 0 spiro atoms. The molecule has 0 atom stereocenters. The molecule has 0 unspecified atom stereocenters. The molecule has 2 heterocycles. The molecule has 0 radical (unpaired) electrons. The van der Waals surface area contributed by atoms with Crippen LogP contribution in [-0.2, 0) is 0 Å². The Morgan fingerprint density at radius 1 is 1.44 bits per heavy atom. The zero-order valence-electron chi connectivity index (χ0n) is 9.38. The molecule has 0 fully saturated rings. The molecule has 0 aliphatic rings. The standard InChI is InChI=1S/C12H10N4S2/c1-7(11-14-5-6-15-11)17-9-4-2-3-8-10(9)18-12(13)16-8/h2-6H,1H2,(H2,13,16)(H,14,15). The van der Waals surface area contributed by atoms with Gasteiger partial charge in [-0.25, -0.2) is 9.97 Å². The quantitative estimate of drug-likeness (QED) is 0.719. The summed E-state index contributed by atoms with van der Waals surface area (Å²) in [5.41, 5.74) is 6.67. The molecule has 2 aromatic heterocycles. The smallest absolute Gasteiger partial charge is 0.181 e. The first-order chi connectivity index (χ1) is 8.74. The number of fused-ring (bicyclic) bond motifs is 1. The van der Waals surface area contributed by atoms with Gasteiger partial charge in [-0.2, -0.15) is 0 Å². The molecule has 0 bridgehead atoms. The van der Waals surface area contributed by atoms with E-state index in [1.807, 2.05) is 18.2 Å². The second-order valence-electron chi connectivity index (χ2n) is 3.62. The molecule has 0 amide bonds. The maximum absolute atomic E-state index is 5.74. The minimum atomic E-state index is 0.585. The number of anilines is 1. The topological polar surface area (TPSA) is 67.6 Å². The third-order valence-corrected chi connectivity index (χ3v) is 4.45. The number of nitrogen functional groups attached to an aromatic ring is 1. The lowest BCUT2D eigenvalue weighted by Crippen LogP contribution is -1.81. The Hall–Kier alpha value is -1.79. The van der Waals surface area contributed by atoms with Crippen LogP contribution < -0.4 is 5.73 Å². The van der Waals surface area contributed by atoms with Crippen molar-refractivity contribution in [3.05, 3.63) is 43.0 Å². The molecule has 0 saturated carbocycles. The van der Waals surface area contributed by atoms with Crippen LogP contribution in [0.4, 0.5) is 5.13 Å². The number of rotatable bonds is 3. The highest BCUT2D eigenvalue weighted by atomic mass is 32.2. The van der Waals surface area contributed by atoms with Crippen LogP contribution in [0.15, 0.2) is 42.1 Å². The lowest BCUT2D eigenvalue weighted by atomic mass is 10.3. The highest BCUT2D eigenvalue weighted by Crippen LogP contribution is 2.38. The fourth-order valence-electron chi connectivity index (χ4n) is 1.62. The Morgan fingerprint density at radius 2 is 2.33 bits per heavy atom. The van der Waals surface area contributed by atoms with Crippen molar-refractivity contribution >= 4 is 43.4 Å². The van der Waals surface area contributed by atoms with E-state index < -0.39 is 0 Å². The van der Waals surface area contributed by atoms with Crippen LogP contribution in [0.2, 0.25) is 0 Å². The summed E-state index contributed by atoms with van der Waals surface area (Å²) >= 11 is 3.06. The van der Waals surface area contributed by atoms with E-state index in [0.717, 1.165) is 25.8 Å². The number of benzene rings is 1. The second kappa shape index (κ2) is 4.47. The van der Waals surface area contributed by atoms with Gasteiger partial charge in [-0.05, 0) is 12.1 Å². The maximum atomic E-state index is 5.74. The Bertz CT molecular complexity index is 700. The highest BCUT2D eigenvalue weighted by Gasteiger charge is 2.10. The summed E-state index contributed by atoms with van der Waals surface area (Å²) in [6.45, 7) is 4.03. The van der Waals surface area contributed by atoms with Gasteiger partial charge < -0.3 is 10.7 Å². The fourth-order valence-corrected chi connectivity index (χ4v) is 3.43. The van der Waals surface area contributed by atoms with Gasteiger partial charge in [0.2, 0.25) is 0 Å². The van der Waals surface area contributed by atoms with E-state index in [-0.39, 0.29) is 0 Å². The van der Waals surface area contributed by atoms with Crippen LogP contribution in [0.25, 0.3) is 15.1 Å². The number of nitrogens with two attached hydrogens (primary N) is 1. The van der Waals surface area contributed by atoms with Gasteiger partial charge in [-0.3, -0.25) is 0 Å². The number of hydrogen-bond acceptors (Lipinski definition) is 5. The Morgan fingerprint density at radius 3 is 3.11 bits per heavy atom. The summed E-state index contributed by atoms with van der Waals surface area (Å²) < 4.78 is 1.09. The summed E-state index contributed by atoms with van der Waals surface area (Å²) in [7, 11) is 0. The summed E-state index contributed by atoms with van der Waals surface area (Å²) in [6.07, 6.45) is 3.50. The average molecular weight is 274 g/mol. The molecule has 0 aliphatic heterocycles. The van der Waals surface area contributed by atoms with Crippen molar-refractivity contribution in [2.75, 3.05) is 5.73 Å². The van der Waals surface area contributed by atoms with E-state index in [2.05, 4.69) is 21.5 Å². The minimum absolute atomic E-state index is 0.585. The molecule has 0 aliphatic carbocycles. The third kappa shape index (κ3) is 2.00. The first-order valence-electron chi connectivity index (χ1n) is 5.25. The van der Waals surface area contributed by atoms with E-state index >= 15 is 0 Å². The van der Waals surface area contributed by atoms with Crippen LogP contribution >= 0.6 is 23.1 Å². The predicted octanol–water partition coefficient (Wildman–Crippen LogP) is 3.36. The zero-order valence-corrected chi connectivity index (χ0v) is 11.0. The molecule has 6 heteroatoms. The minimum Gasteiger partial charge on any atom is -0.375 e. The number of imidazole rings is 1. The van der Waals surface area contributed by atoms with Crippen LogP contribution in [0.3, 0.4) is 0 Å². The van der Waals surface area contributed by atoms with Crippen molar-refractivity contribution in [3.63, 3.8) is 0 Å². The zero-order chi connectivity index (χ0) is 12.5. The average Bonchev–Trinajstić information content (AvgIpc) is 2.96. The lowest BCUT2D eigenvalue weighted by Gasteiger charge is -2.03. The third-order valence-electron chi connectivity index (χ3n) is 2.39. The lowest BCUT2D eigenvalue weighted by molar-refractivity contribution is 1.26. The number of thiazole rings is 1. The number of aromatic nitrogens is 3. The maximum Gasteiger partial charge on any atom is 0.181 e. The van der Waals surface area contributed by atoms with Crippen molar-refractivity contribution in [2.45, 2.75) is 4.90 Å². The fraction of sp³-hybridized carbons (Fsp3) is 0. The number of thioether (sulfide) groups is 1. The number of nitrogens with one attached hydrogen (secondary N) is 1. The van der Waals surface area contributed by atoms with Crippen molar-refractivity contribution in [3.8, 4) is 0 Å². The molecule has 0 saturated heterocycles.